The Kier molecular flexibility index (Phi) is 3.50. The Labute approximate surface area is 109 Å². The fraction of sp³-hybridized carbons (Fsp3) is 0.667. The minimum Gasteiger partial charge on any atom is -0.474 e. The van der Waals surface area contributed by atoms with Crippen LogP contribution in [0.3, 0.4) is 0 Å². The summed E-state index contributed by atoms with van der Waals surface area (Å²) in [5.41, 5.74) is 9.56. The number of hydrogen-bond donors (Lipinski definition) is 1. The Bertz CT molecular complexity index is 425. The lowest BCUT2D eigenvalue weighted by atomic mass is 9.95. The molecular formula is C15H22N2O. The first-order chi connectivity index (χ1) is 8.86. The van der Waals surface area contributed by atoms with Crippen LogP contribution in [0.25, 0.3) is 0 Å². The van der Waals surface area contributed by atoms with E-state index >= 15 is 0 Å². The highest BCUT2D eigenvalue weighted by molar-refractivity contribution is 5.36. The summed E-state index contributed by atoms with van der Waals surface area (Å²) in [6.07, 6.45) is 10.1. The van der Waals surface area contributed by atoms with Gasteiger partial charge in [0.15, 0.2) is 0 Å². The molecule has 0 spiro atoms. The third-order valence-electron chi connectivity index (χ3n) is 4.14. The summed E-state index contributed by atoms with van der Waals surface area (Å²) in [5.74, 6) is 0.810. The fourth-order valence-electron chi connectivity index (χ4n) is 3.07. The molecule has 98 valence electrons. The van der Waals surface area contributed by atoms with Gasteiger partial charge in [-0.2, -0.15) is 0 Å². The van der Waals surface area contributed by atoms with Gasteiger partial charge in [0.05, 0.1) is 0 Å². The zero-order valence-corrected chi connectivity index (χ0v) is 11.0. The van der Waals surface area contributed by atoms with E-state index in [0.29, 0.717) is 12.6 Å². The van der Waals surface area contributed by atoms with Crippen LogP contribution in [0.5, 0.6) is 5.88 Å². The van der Waals surface area contributed by atoms with Crippen molar-refractivity contribution in [2.45, 2.75) is 64.0 Å². The first kappa shape index (κ1) is 12.0. The summed E-state index contributed by atoms with van der Waals surface area (Å²) in [5, 5.41) is 0. The molecule has 0 atom stereocenters. The van der Waals surface area contributed by atoms with Gasteiger partial charge in [0, 0.05) is 17.8 Å². The molecule has 1 fully saturated rings. The maximum absolute atomic E-state index is 6.07. The van der Waals surface area contributed by atoms with Gasteiger partial charge in [-0.1, -0.05) is 0 Å². The van der Waals surface area contributed by atoms with Crippen LogP contribution >= 0.6 is 0 Å². The van der Waals surface area contributed by atoms with Crippen LogP contribution in [0.2, 0.25) is 0 Å². The van der Waals surface area contributed by atoms with Gasteiger partial charge in [0.1, 0.15) is 6.10 Å². The van der Waals surface area contributed by atoms with Crippen molar-refractivity contribution in [3.05, 3.63) is 22.9 Å². The Morgan fingerprint density at radius 3 is 2.72 bits per heavy atom. The number of aromatic nitrogens is 1. The molecule has 2 N–H and O–H groups in total. The van der Waals surface area contributed by atoms with Crippen molar-refractivity contribution < 1.29 is 4.74 Å². The smallest absolute Gasteiger partial charge is 0.218 e. The van der Waals surface area contributed by atoms with Gasteiger partial charge in [-0.25, -0.2) is 4.98 Å². The van der Waals surface area contributed by atoms with Gasteiger partial charge >= 0.3 is 0 Å². The summed E-state index contributed by atoms with van der Waals surface area (Å²) in [4.78, 5) is 4.75. The minimum absolute atomic E-state index is 0.365. The molecule has 1 aromatic rings. The van der Waals surface area contributed by atoms with Gasteiger partial charge in [-0.15, -0.1) is 0 Å². The first-order valence-electron chi connectivity index (χ1n) is 7.25. The third-order valence-corrected chi connectivity index (χ3v) is 4.14. The lowest BCUT2D eigenvalue weighted by Crippen LogP contribution is -2.17. The van der Waals surface area contributed by atoms with Crippen LogP contribution in [0, 0.1) is 0 Å². The number of aryl methyl sites for hydroxylation is 2. The van der Waals surface area contributed by atoms with Crippen molar-refractivity contribution in [3.63, 3.8) is 0 Å². The number of nitrogens with two attached hydrogens (primary N) is 1. The average molecular weight is 246 g/mol. The fourth-order valence-corrected chi connectivity index (χ4v) is 3.07. The first-order valence-corrected chi connectivity index (χ1v) is 7.25. The van der Waals surface area contributed by atoms with Crippen molar-refractivity contribution in [2.75, 3.05) is 0 Å². The maximum Gasteiger partial charge on any atom is 0.218 e. The predicted molar refractivity (Wildman–Crippen MR) is 71.7 cm³/mol. The molecule has 3 rings (SSSR count). The Hall–Kier alpha value is -1.09. The van der Waals surface area contributed by atoms with Gasteiger partial charge in [0.25, 0.3) is 0 Å². The van der Waals surface area contributed by atoms with Gasteiger partial charge < -0.3 is 10.5 Å². The van der Waals surface area contributed by atoms with E-state index in [1.165, 1.54) is 49.8 Å². The Morgan fingerprint density at radius 2 is 1.94 bits per heavy atom. The molecule has 2 aliphatic rings. The number of fused-ring (bicyclic) bond motifs is 1. The number of rotatable bonds is 3. The van der Waals surface area contributed by atoms with Crippen LogP contribution in [0.1, 0.15) is 55.3 Å². The molecule has 0 radical (unpaired) electrons. The zero-order valence-electron chi connectivity index (χ0n) is 11.0. The molecular weight excluding hydrogens is 224 g/mol. The highest BCUT2D eigenvalue weighted by Crippen LogP contribution is 2.29. The molecule has 1 aromatic heterocycles. The number of hydrogen-bond acceptors (Lipinski definition) is 3. The van der Waals surface area contributed by atoms with Crippen LogP contribution in [0.15, 0.2) is 6.07 Å². The lowest BCUT2D eigenvalue weighted by molar-refractivity contribution is 0.198. The minimum atomic E-state index is 0.365. The lowest BCUT2D eigenvalue weighted by Gasteiger charge is -2.20. The molecule has 2 aliphatic carbocycles. The topological polar surface area (TPSA) is 48.1 Å². The van der Waals surface area contributed by atoms with E-state index in [0.717, 1.165) is 24.3 Å². The van der Waals surface area contributed by atoms with E-state index in [2.05, 4.69) is 6.07 Å². The maximum atomic E-state index is 6.07. The molecule has 3 nitrogen and oxygen atoms in total. The van der Waals surface area contributed by atoms with Gasteiger partial charge in [0.2, 0.25) is 5.88 Å². The second-order valence-electron chi connectivity index (χ2n) is 5.49. The number of ether oxygens (including phenoxy) is 1. The summed E-state index contributed by atoms with van der Waals surface area (Å²) < 4.78 is 6.07. The van der Waals surface area contributed by atoms with Gasteiger partial charge in [-0.3, -0.25) is 0 Å². The van der Waals surface area contributed by atoms with E-state index in [9.17, 15) is 0 Å². The van der Waals surface area contributed by atoms with E-state index in [-0.39, 0.29) is 0 Å². The number of pyridine rings is 1. The van der Waals surface area contributed by atoms with E-state index < -0.39 is 0 Å². The molecule has 1 heterocycles. The van der Waals surface area contributed by atoms with E-state index in [4.69, 9.17) is 15.5 Å². The number of nitrogens with zero attached hydrogens (tertiary/aromatic N) is 1. The summed E-state index contributed by atoms with van der Waals surface area (Å²) in [7, 11) is 0. The van der Waals surface area contributed by atoms with Crippen molar-refractivity contribution in [1.29, 1.82) is 0 Å². The second-order valence-corrected chi connectivity index (χ2v) is 5.49. The highest BCUT2D eigenvalue weighted by Gasteiger charge is 2.20. The molecule has 0 unspecified atom stereocenters. The Balaban J connectivity index is 1.86. The monoisotopic (exact) mass is 246 g/mol. The van der Waals surface area contributed by atoms with Crippen LogP contribution in [-0.4, -0.2) is 11.1 Å². The normalized spacial score (nSPS) is 19.8. The highest BCUT2D eigenvalue weighted by atomic mass is 16.5. The Morgan fingerprint density at radius 1 is 1.17 bits per heavy atom. The standard InChI is InChI=1S/C15H22N2O/c16-10-12-9-11-5-1-4-8-14(11)17-15(12)18-13-6-2-3-7-13/h9,13H,1-8,10,16H2. The van der Waals surface area contributed by atoms with Crippen molar-refractivity contribution in [3.8, 4) is 5.88 Å². The molecule has 0 amide bonds. The molecule has 0 bridgehead atoms. The summed E-state index contributed by atoms with van der Waals surface area (Å²) in [6, 6.07) is 2.23. The summed E-state index contributed by atoms with van der Waals surface area (Å²) >= 11 is 0. The quantitative estimate of drug-likeness (QED) is 0.892. The van der Waals surface area contributed by atoms with Crippen LogP contribution < -0.4 is 10.5 Å². The SMILES string of the molecule is NCc1cc2c(nc1OC1CCCC1)CCCC2. The summed E-state index contributed by atoms with van der Waals surface area (Å²) in [6.45, 7) is 0.530. The predicted octanol–water partition coefficient (Wildman–Crippen LogP) is 2.74. The molecule has 3 heteroatoms. The van der Waals surface area contributed by atoms with Crippen LogP contribution in [0.4, 0.5) is 0 Å². The molecule has 18 heavy (non-hydrogen) atoms. The average Bonchev–Trinajstić information content (AvgIpc) is 2.91. The van der Waals surface area contributed by atoms with E-state index in [1.807, 2.05) is 0 Å². The van der Waals surface area contributed by atoms with Crippen molar-refractivity contribution in [2.24, 2.45) is 5.73 Å². The molecule has 0 aromatic carbocycles. The van der Waals surface area contributed by atoms with Crippen molar-refractivity contribution in [1.82, 2.24) is 4.98 Å². The van der Waals surface area contributed by atoms with Crippen molar-refractivity contribution >= 4 is 0 Å². The molecule has 0 saturated heterocycles. The van der Waals surface area contributed by atoms with E-state index in [1.54, 1.807) is 0 Å². The second kappa shape index (κ2) is 5.27. The zero-order chi connectivity index (χ0) is 12.4. The van der Waals surface area contributed by atoms with Crippen LogP contribution in [-0.2, 0) is 19.4 Å². The molecule has 0 aliphatic heterocycles. The largest absolute Gasteiger partial charge is 0.474 e. The van der Waals surface area contributed by atoms with Gasteiger partial charge in [-0.05, 0) is 63.0 Å². The third kappa shape index (κ3) is 2.37. The molecule has 1 saturated carbocycles.